The molecule has 3 rings (SSSR count). The fraction of sp³-hybridized carbons (Fsp3) is 0.538. The van der Waals surface area contributed by atoms with Crippen LogP contribution in [0.25, 0.3) is 0 Å². The highest BCUT2D eigenvalue weighted by molar-refractivity contribution is 5.96. The Balaban J connectivity index is 1.68. The highest BCUT2D eigenvalue weighted by atomic mass is 16.5. The molecule has 7 nitrogen and oxygen atoms in total. The molecule has 7 heteroatoms. The summed E-state index contributed by atoms with van der Waals surface area (Å²) in [5, 5.41) is 0. The number of carbonyl (C=O) groups excluding carboxylic acids is 2. The molecule has 0 radical (unpaired) electrons. The van der Waals surface area contributed by atoms with Crippen LogP contribution in [0.15, 0.2) is 42.6 Å². The lowest BCUT2D eigenvalue weighted by Gasteiger charge is -2.28. The molecule has 180 valence electrons. The van der Waals surface area contributed by atoms with E-state index in [1.54, 1.807) is 24.1 Å². The van der Waals surface area contributed by atoms with Crippen molar-refractivity contribution in [1.82, 2.24) is 14.4 Å². The monoisotopic (exact) mass is 455 g/mol. The summed E-state index contributed by atoms with van der Waals surface area (Å²) in [7, 11) is 3.63. The van der Waals surface area contributed by atoms with E-state index in [4.69, 9.17) is 9.47 Å². The lowest BCUT2D eigenvalue weighted by molar-refractivity contribution is -0.133. The first-order chi connectivity index (χ1) is 16.0. The number of benzene rings is 1. The summed E-state index contributed by atoms with van der Waals surface area (Å²) in [6.45, 7) is 4.43. The van der Waals surface area contributed by atoms with Crippen molar-refractivity contribution in [1.29, 1.82) is 0 Å². The molecule has 1 saturated carbocycles. The summed E-state index contributed by atoms with van der Waals surface area (Å²) in [6.07, 6.45) is 6.77. The first-order valence-electron chi connectivity index (χ1n) is 11.9. The molecular formula is C26H37N3O4. The Morgan fingerprint density at radius 3 is 2.45 bits per heavy atom. The number of amides is 2. The number of aryl methyl sites for hydroxylation is 1. The third-order valence-electron chi connectivity index (χ3n) is 5.95. The Morgan fingerprint density at radius 1 is 1.09 bits per heavy atom. The number of rotatable bonds is 14. The van der Waals surface area contributed by atoms with Gasteiger partial charge in [0.1, 0.15) is 12.3 Å². The molecule has 0 saturated heterocycles. The maximum absolute atomic E-state index is 13.3. The number of ether oxygens (including phenoxy) is 2. The number of methoxy groups -OCH3 is 1. The Labute approximate surface area is 197 Å². The summed E-state index contributed by atoms with van der Waals surface area (Å²) in [4.78, 5) is 30.2. The second-order valence-electron chi connectivity index (χ2n) is 8.66. The average molecular weight is 456 g/mol. The second-order valence-corrected chi connectivity index (χ2v) is 8.66. The minimum absolute atomic E-state index is 0.0102. The van der Waals surface area contributed by atoms with E-state index in [2.05, 4.69) is 6.92 Å². The van der Waals surface area contributed by atoms with E-state index in [0.717, 1.165) is 37.1 Å². The quantitative estimate of drug-likeness (QED) is 0.406. The van der Waals surface area contributed by atoms with E-state index < -0.39 is 0 Å². The number of hydrogen-bond acceptors (Lipinski definition) is 4. The van der Waals surface area contributed by atoms with Crippen molar-refractivity contribution in [2.75, 3.05) is 33.4 Å². The van der Waals surface area contributed by atoms with E-state index in [1.807, 2.05) is 47.0 Å². The zero-order valence-corrected chi connectivity index (χ0v) is 20.2. The predicted molar refractivity (Wildman–Crippen MR) is 128 cm³/mol. The van der Waals surface area contributed by atoms with Crippen LogP contribution < -0.4 is 4.74 Å². The van der Waals surface area contributed by atoms with Gasteiger partial charge in [-0.05, 0) is 62.1 Å². The van der Waals surface area contributed by atoms with Gasteiger partial charge >= 0.3 is 0 Å². The van der Waals surface area contributed by atoms with Crippen molar-refractivity contribution in [2.24, 2.45) is 7.05 Å². The maximum atomic E-state index is 13.3. The van der Waals surface area contributed by atoms with Crippen molar-refractivity contribution >= 4 is 11.8 Å². The minimum Gasteiger partial charge on any atom is -0.494 e. The van der Waals surface area contributed by atoms with Crippen molar-refractivity contribution < 1.29 is 19.1 Å². The average Bonchev–Trinajstić information content (AvgIpc) is 3.58. The van der Waals surface area contributed by atoms with Crippen LogP contribution in [0.2, 0.25) is 0 Å². The first-order valence-corrected chi connectivity index (χ1v) is 11.9. The molecule has 33 heavy (non-hydrogen) atoms. The van der Waals surface area contributed by atoms with Gasteiger partial charge in [0, 0.05) is 50.8 Å². The van der Waals surface area contributed by atoms with Gasteiger partial charge in [-0.3, -0.25) is 9.59 Å². The molecule has 0 unspecified atom stereocenters. The molecule has 0 bridgehead atoms. The molecule has 1 fully saturated rings. The van der Waals surface area contributed by atoms with Crippen LogP contribution in [0.4, 0.5) is 0 Å². The molecular weight excluding hydrogens is 418 g/mol. The first kappa shape index (κ1) is 24.8. The maximum Gasteiger partial charge on any atom is 0.254 e. The number of unbranched alkanes of at least 4 members (excludes halogenated alkanes) is 1. The molecule has 0 N–H and O–H groups in total. The zero-order chi connectivity index (χ0) is 23.6. The van der Waals surface area contributed by atoms with E-state index in [0.29, 0.717) is 38.3 Å². The summed E-state index contributed by atoms with van der Waals surface area (Å²) in [5.74, 6) is 0.600. The van der Waals surface area contributed by atoms with Crippen molar-refractivity contribution in [3.05, 3.63) is 53.9 Å². The van der Waals surface area contributed by atoms with Crippen LogP contribution in [-0.2, 0) is 23.1 Å². The van der Waals surface area contributed by atoms with Crippen LogP contribution in [0, 0.1) is 0 Å². The van der Waals surface area contributed by atoms with Gasteiger partial charge in [0.2, 0.25) is 5.91 Å². The lowest BCUT2D eigenvalue weighted by Crippen LogP contribution is -2.44. The van der Waals surface area contributed by atoms with Crippen LogP contribution >= 0.6 is 0 Å². The van der Waals surface area contributed by atoms with Crippen molar-refractivity contribution in [3.63, 3.8) is 0 Å². The fourth-order valence-corrected chi connectivity index (χ4v) is 3.76. The molecule has 0 atom stereocenters. The zero-order valence-electron chi connectivity index (χ0n) is 20.2. The van der Waals surface area contributed by atoms with Gasteiger partial charge in [0.15, 0.2) is 0 Å². The fourth-order valence-electron chi connectivity index (χ4n) is 3.76. The molecule has 1 heterocycles. The third-order valence-corrected chi connectivity index (χ3v) is 5.95. The highest BCUT2D eigenvalue weighted by Gasteiger charge is 2.34. The largest absolute Gasteiger partial charge is 0.494 e. The Morgan fingerprint density at radius 2 is 1.85 bits per heavy atom. The SMILES string of the molecule is CCCCOc1ccc(C(=O)N(CCCOC)CC(=O)N(Cc2cccn2C)C2CC2)cc1. The normalized spacial score (nSPS) is 13.1. The third kappa shape index (κ3) is 7.35. The van der Waals surface area contributed by atoms with E-state index in [9.17, 15) is 9.59 Å². The van der Waals surface area contributed by atoms with Gasteiger partial charge in [-0.2, -0.15) is 0 Å². The molecule has 1 aromatic carbocycles. The van der Waals surface area contributed by atoms with Crippen LogP contribution in [0.5, 0.6) is 5.75 Å². The van der Waals surface area contributed by atoms with Gasteiger partial charge in [0.25, 0.3) is 5.91 Å². The minimum atomic E-state index is -0.144. The van der Waals surface area contributed by atoms with E-state index in [1.165, 1.54) is 0 Å². The van der Waals surface area contributed by atoms with Crippen LogP contribution in [0.1, 0.15) is 55.1 Å². The lowest BCUT2D eigenvalue weighted by atomic mass is 10.1. The van der Waals surface area contributed by atoms with Gasteiger partial charge in [-0.1, -0.05) is 13.3 Å². The van der Waals surface area contributed by atoms with Crippen molar-refractivity contribution in [3.8, 4) is 5.75 Å². The molecule has 2 amide bonds. The number of hydrogen-bond donors (Lipinski definition) is 0. The van der Waals surface area contributed by atoms with Gasteiger partial charge < -0.3 is 23.8 Å². The van der Waals surface area contributed by atoms with Gasteiger partial charge in [0.05, 0.1) is 13.2 Å². The van der Waals surface area contributed by atoms with Crippen molar-refractivity contribution in [2.45, 2.75) is 51.6 Å². The van der Waals surface area contributed by atoms with Gasteiger partial charge in [-0.25, -0.2) is 0 Å². The van der Waals surface area contributed by atoms with Crippen LogP contribution in [-0.4, -0.2) is 65.6 Å². The summed E-state index contributed by atoms with van der Waals surface area (Å²) < 4.78 is 12.9. The Kier molecular flexibility index (Phi) is 9.36. The summed E-state index contributed by atoms with van der Waals surface area (Å²) in [5.41, 5.74) is 1.65. The second kappa shape index (κ2) is 12.4. The Hall–Kier alpha value is -2.80. The standard InChI is InChI=1S/C26H37N3O4/c1-4-5-18-33-24-13-9-21(10-14-24)26(31)28(16-7-17-32-3)20-25(30)29(22-11-12-22)19-23-8-6-15-27(23)2/h6,8-10,13-15,22H,4-5,7,11-12,16-20H2,1-3H3. The Bertz CT molecular complexity index is 889. The van der Waals surface area contributed by atoms with Crippen LogP contribution in [0.3, 0.4) is 0 Å². The number of aromatic nitrogens is 1. The van der Waals surface area contributed by atoms with E-state index in [-0.39, 0.29) is 24.4 Å². The van der Waals surface area contributed by atoms with E-state index >= 15 is 0 Å². The molecule has 1 aromatic heterocycles. The molecule has 0 spiro atoms. The summed E-state index contributed by atoms with van der Waals surface area (Å²) >= 11 is 0. The highest BCUT2D eigenvalue weighted by Crippen LogP contribution is 2.29. The molecule has 1 aliphatic rings. The van der Waals surface area contributed by atoms with Gasteiger partial charge in [-0.15, -0.1) is 0 Å². The number of nitrogens with zero attached hydrogens (tertiary/aromatic N) is 3. The molecule has 1 aliphatic carbocycles. The summed E-state index contributed by atoms with van der Waals surface area (Å²) in [6, 6.07) is 11.5. The number of carbonyl (C=O) groups is 2. The molecule has 0 aliphatic heterocycles. The predicted octanol–water partition coefficient (Wildman–Crippen LogP) is 3.87. The molecule has 2 aromatic rings. The topological polar surface area (TPSA) is 64.0 Å². The smallest absolute Gasteiger partial charge is 0.254 e.